The fourth-order valence-electron chi connectivity index (χ4n) is 2.03. The number of nitrogens with zero attached hydrogens (tertiary/aromatic N) is 1. The van der Waals surface area contributed by atoms with Gasteiger partial charge >= 0.3 is 5.91 Å². The molecule has 2 aromatic heterocycles. The zero-order valence-corrected chi connectivity index (χ0v) is 15.0. The molecule has 0 atom stereocenters. The maximum atomic E-state index is 12.1. The van der Waals surface area contributed by atoms with E-state index >= 15 is 0 Å². The summed E-state index contributed by atoms with van der Waals surface area (Å²) in [6.45, 7) is 0. The molecule has 0 radical (unpaired) electrons. The van der Waals surface area contributed by atoms with E-state index in [0.717, 1.165) is 5.56 Å². The molecule has 0 aliphatic heterocycles. The van der Waals surface area contributed by atoms with E-state index in [9.17, 15) is 9.59 Å². The fourth-order valence-corrected chi connectivity index (χ4v) is 2.59. The number of rotatable bonds is 3. The fraction of sp³-hybridized carbons (Fsp3) is 0. The molecule has 0 aliphatic rings. The molecule has 3 aromatic rings. The number of halogens is 2. The highest BCUT2D eigenvalue weighted by Crippen LogP contribution is 2.23. The number of amides is 2. The van der Waals surface area contributed by atoms with Crippen LogP contribution >= 0.6 is 27.5 Å². The molecule has 6 nitrogen and oxygen atoms in total. The highest BCUT2D eigenvalue weighted by atomic mass is 79.9. The van der Waals surface area contributed by atoms with Gasteiger partial charge in [0.05, 0.1) is 5.56 Å². The average Bonchev–Trinajstić information content (AvgIpc) is 3.10. The van der Waals surface area contributed by atoms with E-state index in [4.69, 9.17) is 16.0 Å². The number of pyridine rings is 1. The third-order valence-electron chi connectivity index (χ3n) is 3.27. The van der Waals surface area contributed by atoms with E-state index in [1.54, 1.807) is 30.3 Å². The zero-order chi connectivity index (χ0) is 17.8. The van der Waals surface area contributed by atoms with Crippen LogP contribution < -0.4 is 10.9 Å². The van der Waals surface area contributed by atoms with Crippen molar-refractivity contribution in [3.8, 4) is 11.3 Å². The first-order chi connectivity index (χ1) is 12.0. The molecule has 8 heteroatoms. The third kappa shape index (κ3) is 4.07. The van der Waals surface area contributed by atoms with Crippen LogP contribution in [-0.4, -0.2) is 16.8 Å². The summed E-state index contributed by atoms with van der Waals surface area (Å²) in [5.41, 5.74) is 5.75. The maximum Gasteiger partial charge on any atom is 0.305 e. The Hall–Kier alpha value is -2.64. The Kier molecular flexibility index (Phi) is 5.16. The first-order valence-corrected chi connectivity index (χ1v) is 8.27. The van der Waals surface area contributed by atoms with Crippen molar-refractivity contribution in [2.45, 2.75) is 0 Å². The molecular formula is C17H11BrClN3O3. The standard InChI is InChI=1S/C17H11BrClN3O3/c18-13-9-20-8-7-12(13)16(23)21-22-17(24)15-6-5-14(25-15)10-1-3-11(19)4-2-10/h1-9H,(H,21,23)(H,22,24). The molecule has 2 heterocycles. The van der Waals surface area contributed by atoms with E-state index in [1.165, 1.54) is 24.5 Å². The lowest BCUT2D eigenvalue weighted by molar-refractivity contribution is 0.0831. The number of hydrogen-bond donors (Lipinski definition) is 2. The summed E-state index contributed by atoms with van der Waals surface area (Å²) in [6.07, 6.45) is 2.97. The highest BCUT2D eigenvalue weighted by Gasteiger charge is 2.15. The minimum absolute atomic E-state index is 0.0686. The Balaban J connectivity index is 1.65. The number of aromatic nitrogens is 1. The molecule has 0 spiro atoms. The van der Waals surface area contributed by atoms with Crippen LogP contribution in [0.25, 0.3) is 11.3 Å². The van der Waals surface area contributed by atoms with Gasteiger partial charge in [0.25, 0.3) is 5.91 Å². The van der Waals surface area contributed by atoms with Crippen LogP contribution in [0.5, 0.6) is 0 Å². The van der Waals surface area contributed by atoms with Gasteiger partial charge in [0.2, 0.25) is 0 Å². The summed E-state index contributed by atoms with van der Waals surface area (Å²) >= 11 is 9.06. The van der Waals surface area contributed by atoms with Gasteiger partial charge in [-0.15, -0.1) is 0 Å². The number of hydrogen-bond acceptors (Lipinski definition) is 4. The molecular weight excluding hydrogens is 410 g/mol. The Morgan fingerprint density at radius 3 is 2.44 bits per heavy atom. The lowest BCUT2D eigenvalue weighted by Crippen LogP contribution is -2.41. The van der Waals surface area contributed by atoms with Crippen LogP contribution in [-0.2, 0) is 0 Å². The maximum absolute atomic E-state index is 12.1. The molecule has 0 bridgehead atoms. The quantitative estimate of drug-likeness (QED) is 0.631. The van der Waals surface area contributed by atoms with Crippen molar-refractivity contribution < 1.29 is 14.0 Å². The first kappa shape index (κ1) is 17.2. The van der Waals surface area contributed by atoms with Gasteiger partial charge in [-0.25, -0.2) is 0 Å². The predicted molar refractivity (Wildman–Crippen MR) is 96.0 cm³/mol. The molecule has 0 fully saturated rings. The van der Waals surface area contributed by atoms with E-state index in [0.29, 0.717) is 20.8 Å². The molecule has 1 aromatic carbocycles. The molecule has 25 heavy (non-hydrogen) atoms. The number of benzene rings is 1. The number of carbonyl (C=O) groups is 2. The topological polar surface area (TPSA) is 84.2 Å². The molecule has 0 saturated carbocycles. The second kappa shape index (κ2) is 7.50. The van der Waals surface area contributed by atoms with Crippen LogP contribution in [0.15, 0.2) is 63.7 Å². The summed E-state index contributed by atoms with van der Waals surface area (Å²) < 4.78 is 6.03. The second-order valence-corrected chi connectivity index (χ2v) is 6.23. The number of nitrogens with one attached hydrogen (secondary N) is 2. The normalized spacial score (nSPS) is 10.3. The Morgan fingerprint density at radius 2 is 1.72 bits per heavy atom. The van der Waals surface area contributed by atoms with Crippen molar-refractivity contribution in [1.82, 2.24) is 15.8 Å². The highest BCUT2D eigenvalue weighted by molar-refractivity contribution is 9.10. The Morgan fingerprint density at radius 1 is 1.00 bits per heavy atom. The van der Waals surface area contributed by atoms with Gasteiger partial charge in [-0.1, -0.05) is 11.6 Å². The second-order valence-electron chi connectivity index (χ2n) is 4.93. The number of hydrazine groups is 1. The summed E-state index contributed by atoms with van der Waals surface area (Å²) in [7, 11) is 0. The lowest BCUT2D eigenvalue weighted by atomic mass is 10.2. The van der Waals surface area contributed by atoms with Crippen LogP contribution in [0.1, 0.15) is 20.9 Å². The summed E-state index contributed by atoms with van der Waals surface area (Å²) in [5.74, 6) is -0.463. The molecule has 0 saturated heterocycles. The van der Waals surface area contributed by atoms with Gasteiger partial charge in [0.1, 0.15) is 5.76 Å². The molecule has 2 amide bonds. The monoisotopic (exact) mass is 419 g/mol. The van der Waals surface area contributed by atoms with Gasteiger partial charge in [-0.05, 0) is 58.4 Å². The zero-order valence-electron chi connectivity index (χ0n) is 12.6. The average molecular weight is 421 g/mol. The van der Waals surface area contributed by atoms with Crippen LogP contribution in [0.4, 0.5) is 0 Å². The summed E-state index contributed by atoms with van der Waals surface area (Å²) in [5, 5.41) is 0.609. The largest absolute Gasteiger partial charge is 0.451 e. The van der Waals surface area contributed by atoms with Crippen LogP contribution in [0.3, 0.4) is 0 Å². The van der Waals surface area contributed by atoms with Crippen molar-refractivity contribution >= 4 is 39.3 Å². The summed E-state index contributed by atoms with van der Waals surface area (Å²) in [4.78, 5) is 28.0. The third-order valence-corrected chi connectivity index (χ3v) is 4.15. The van der Waals surface area contributed by atoms with E-state index in [1.807, 2.05) is 0 Å². The molecule has 3 rings (SSSR count). The molecule has 0 unspecified atom stereocenters. The molecule has 0 aliphatic carbocycles. The van der Waals surface area contributed by atoms with Crippen LogP contribution in [0, 0.1) is 0 Å². The number of carbonyl (C=O) groups excluding carboxylic acids is 2. The SMILES string of the molecule is O=C(NNC(=O)c1ccncc1Br)c1ccc(-c2ccc(Cl)cc2)o1. The van der Waals surface area contributed by atoms with Gasteiger partial charge in [0.15, 0.2) is 5.76 Å². The van der Waals surface area contributed by atoms with Crippen molar-refractivity contribution in [3.63, 3.8) is 0 Å². The Bertz CT molecular complexity index is 925. The smallest absolute Gasteiger partial charge is 0.305 e. The van der Waals surface area contributed by atoms with Crippen LogP contribution in [0.2, 0.25) is 5.02 Å². The van der Waals surface area contributed by atoms with Crippen molar-refractivity contribution in [2.24, 2.45) is 0 Å². The minimum atomic E-state index is -0.571. The molecule has 2 N–H and O–H groups in total. The summed E-state index contributed by atoms with van der Waals surface area (Å²) in [6, 6.07) is 11.7. The van der Waals surface area contributed by atoms with Crippen molar-refractivity contribution in [1.29, 1.82) is 0 Å². The minimum Gasteiger partial charge on any atom is -0.451 e. The van der Waals surface area contributed by atoms with E-state index in [2.05, 4.69) is 31.8 Å². The predicted octanol–water partition coefficient (Wildman–Crippen LogP) is 3.83. The van der Waals surface area contributed by atoms with Gasteiger partial charge in [-0.3, -0.25) is 25.4 Å². The number of furan rings is 1. The molecule has 126 valence electrons. The lowest BCUT2D eigenvalue weighted by Gasteiger charge is -2.07. The van der Waals surface area contributed by atoms with Crippen molar-refractivity contribution in [3.05, 3.63) is 75.7 Å². The van der Waals surface area contributed by atoms with Crippen molar-refractivity contribution in [2.75, 3.05) is 0 Å². The first-order valence-electron chi connectivity index (χ1n) is 7.10. The van der Waals surface area contributed by atoms with Gasteiger partial charge in [-0.2, -0.15) is 0 Å². The van der Waals surface area contributed by atoms with Gasteiger partial charge < -0.3 is 4.42 Å². The van der Waals surface area contributed by atoms with E-state index < -0.39 is 11.8 Å². The Labute approximate surface area is 156 Å². The van der Waals surface area contributed by atoms with Gasteiger partial charge in [0, 0.05) is 27.5 Å². The van der Waals surface area contributed by atoms with E-state index in [-0.39, 0.29) is 5.76 Å².